The van der Waals surface area contributed by atoms with Crippen LogP contribution < -0.4 is 5.32 Å². The Morgan fingerprint density at radius 2 is 1.70 bits per heavy atom. The van der Waals surface area contributed by atoms with Gasteiger partial charge in [-0.15, -0.1) is 11.3 Å². The molecule has 0 amide bonds. The number of thiophene rings is 1. The largest absolute Gasteiger partial charge is 0.338 e. The van der Waals surface area contributed by atoms with E-state index >= 15 is 0 Å². The second kappa shape index (κ2) is 6.10. The molecule has 0 aliphatic rings. The highest BCUT2D eigenvalue weighted by atomic mass is 79.9. The SMILES string of the molecule is Brc1cccc(Nc2nc3ccccc3nc2-c2cccs2)c1. The number of nitrogens with one attached hydrogen (secondary N) is 1. The molecule has 1 N–H and O–H groups in total. The van der Waals surface area contributed by atoms with Crippen LogP contribution in [0.15, 0.2) is 70.5 Å². The smallest absolute Gasteiger partial charge is 0.158 e. The first-order chi connectivity index (χ1) is 11.3. The summed E-state index contributed by atoms with van der Waals surface area (Å²) in [4.78, 5) is 10.7. The van der Waals surface area contributed by atoms with Crippen molar-refractivity contribution in [2.24, 2.45) is 0 Å². The Bertz CT molecular complexity index is 967. The fourth-order valence-corrected chi connectivity index (χ4v) is 3.49. The number of hydrogen-bond donors (Lipinski definition) is 1. The lowest BCUT2D eigenvalue weighted by atomic mass is 10.2. The van der Waals surface area contributed by atoms with E-state index in [1.807, 2.05) is 54.6 Å². The maximum atomic E-state index is 4.81. The number of nitrogens with zero attached hydrogens (tertiary/aromatic N) is 2. The van der Waals surface area contributed by atoms with Gasteiger partial charge in [0, 0.05) is 10.2 Å². The van der Waals surface area contributed by atoms with Crippen LogP contribution in [0, 0.1) is 0 Å². The third-order valence-corrected chi connectivity index (χ3v) is 4.78. The van der Waals surface area contributed by atoms with Crippen LogP contribution in [-0.2, 0) is 0 Å². The molecule has 0 aliphatic carbocycles. The quantitative estimate of drug-likeness (QED) is 0.482. The van der Waals surface area contributed by atoms with Crippen LogP contribution in [0.25, 0.3) is 21.6 Å². The number of rotatable bonds is 3. The molecule has 112 valence electrons. The molecule has 0 saturated carbocycles. The lowest BCUT2D eigenvalue weighted by Crippen LogP contribution is -1.99. The molecule has 2 heterocycles. The molecule has 0 unspecified atom stereocenters. The van der Waals surface area contributed by atoms with Gasteiger partial charge in [-0.1, -0.05) is 40.2 Å². The Morgan fingerprint density at radius 1 is 0.870 bits per heavy atom. The van der Waals surface area contributed by atoms with Crippen LogP contribution in [0.2, 0.25) is 0 Å². The number of benzene rings is 2. The summed E-state index contributed by atoms with van der Waals surface area (Å²) >= 11 is 5.16. The van der Waals surface area contributed by atoms with Crippen molar-refractivity contribution in [3.8, 4) is 10.6 Å². The molecule has 2 aromatic heterocycles. The van der Waals surface area contributed by atoms with E-state index in [4.69, 9.17) is 9.97 Å². The summed E-state index contributed by atoms with van der Waals surface area (Å²) in [7, 11) is 0. The lowest BCUT2D eigenvalue weighted by molar-refractivity contribution is 1.29. The molecule has 3 nitrogen and oxygen atoms in total. The minimum Gasteiger partial charge on any atom is -0.338 e. The van der Waals surface area contributed by atoms with Gasteiger partial charge < -0.3 is 5.32 Å². The van der Waals surface area contributed by atoms with Gasteiger partial charge in [-0.3, -0.25) is 0 Å². The van der Waals surface area contributed by atoms with E-state index in [2.05, 4.69) is 32.7 Å². The zero-order chi connectivity index (χ0) is 15.6. The van der Waals surface area contributed by atoms with Crippen molar-refractivity contribution in [2.75, 3.05) is 5.32 Å². The van der Waals surface area contributed by atoms with E-state index < -0.39 is 0 Å². The molecule has 0 radical (unpaired) electrons. The zero-order valence-electron chi connectivity index (χ0n) is 12.0. The van der Waals surface area contributed by atoms with Gasteiger partial charge in [-0.05, 0) is 41.8 Å². The summed E-state index contributed by atoms with van der Waals surface area (Å²) < 4.78 is 1.02. The molecule has 2 aromatic carbocycles. The van der Waals surface area contributed by atoms with Gasteiger partial charge in [-0.25, -0.2) is 9.97 Å². The van der Waals surface area contributed by atoms with Crippen LogP contribution >= 0.6 is 27.3 Å². The molecule has 0 saturated heterocycles. The molecular formula is C18H12BrN3S. The first kappa shape index (κ1) is 14.4. The average molecular weight is 382 g/mol. The number of para-hydroxylation sites is 2. The highest BCUT2D eigenvalue weighted by molar-refractivity contribution is 9.10. The minimum atomic E-state index is 0.768. The van der Waals surface area contributed by atoms with E-state index in [9.17, 15) is 0 Å². The van der Waals surface area contributed by atoms with Gasteiger partial charge in [0.1, 0.15) is 5.69 Å². The summed E-state index contributed by atoms with van der Waals surface area (Å²) in [5.74, 6) is 0.768. The van der Waals surface area contributed by atoms with Crippen LogP contribution in [0.3, 0.4) is 0 Å². The molecule has 0 spiro atoms. The number of hydrogen-bond acceptors (Lipinski definition) is 4. The van der Waals surface area contributed by atoms with E-state index in [1.165, 1.54) is 0 Å². The van der Waals surface area contributed by atoms with Crippen LogP contribution in [-0.4, -0.2) is 9.97 Å². The Hall–Kier alpha value is -2.24. The molecule has 4 aromatic rings. The van der Waals surface area contributed by atoms with Crippen molar-refractivity contribution in [3.63, 3.8) is 0 Å². The summed E-state index contributed by atoms with van der Waals surface area (Å²) in [6.07, 6.45) is 0. The van der Waals surface area contributed by atoms with Crippen molar-refractivity contribution in [1.82, 2.24) is 9.97 Å². The molecule has 0 aliphatic heterocycles. The van der Waals surface area contributed by atoms with Gasteiger partial charge in [0.2, 0.25) is 0 Å². The second-order valence-electron chi connectivity index (χ2n) is 5.02. The molecule has 0 bridgehead atoms. The highest BCUT2D eigenvalue weighted by Gasteiger charge is 2.12. The number of fused-ring (bicyclic) bond motifs is 1. The molecule has 0 atom stereocenters. The Labute approximate surface area is 146 Å². The standard InChI is InChI=1S/C18H12BrN3S/c19-12-5-3-6-13(11-12)20-18-17(16-9-4-10-23-16)21-14-7-1-2-8-15(14)22-18/h1-11H,(H,20,22). The van der Waals surface area contributed by atoms with E-state index in [0.29, 0.717) is 0 Å². The maximum absolute atomic E-state index is 4.81. The van der Waals surface area contributed by atoms with Crippen molar-refractivity contribution in [3.05, 3.63) is 70.5 Å². The molecule has 23 heavy (non-hydrogen) atoms. The van der Waals surface area contributed by atoms with Crippen molar-refractivity contribution >= 4 is 49.8 Å². The number of anilines is 2. The normalized spacial score (nSPS) is 10.8. The van der Waals surface area contributed by atoms with Crippen LogP contribution in [0.1, 0.15) is 0 Å². The van der Waals surface area contributed by atoms with E-state index in [0.717, 1.165) is 37.6 Å². The fraction of sp³-hybridized carbons (Fsp3) is 0. The third-order valence-electron chi connectivity index (χ3n) is 3.41. The molecule has 5 heteroatoms. The van der Waals surface area contributed by atoms with Crippen LogP contribution in [0.5, 0.6) is 0 Å². The highest BCUT2D eigenvalue weighted by Crippen LogP contribution is 2.32. The number of halogens is 1. The average Bonchev–Trinajstić information content (AvgIpc) is 3.08. The molecule has 4 rings (SSSR count). The summed E-state index contributed by atoms with van der Waals surface area (Å²) in [5.41, 5.74) is 3.63. The predicted octanol–water partition coefficient (Wildman–Crippen LogP) is 5.86. The van der Waals surface area contributed by atoms with Gasteiger partial charge in [0.25, 0.3) is 0 Å². The second-order valence-corrected chi connectivity index (χ2v) is 6.89. The lowest BCUT2D eigenvalue weighted by Gasteiger charge is -2.11. The van der Waals surface area contributed by atoms with Gasteiger partial charge >= 0.3 is 0 Å². The molecule has 0 fully saturated rings. The fourth-order valence-electron chi connectivity index (χ4n) is 2.38. The first-order valence-corrected chi connectivity index (χ1v) is 8.80. The molecular weight excluding hydrogens is 370 g/mol. The van der Waals surface area contributed by atoms with Crippen molar-refractivity contribution in [1.29, 1.82) is 0 Å². The zero-order valence-corrected chi connectivity index (χ0v) is 14.4. The van der Waals surface area contributed by atoms with Crippen molar-refractivity contribution in [2.45, 2.75) is 0 Å². The minimum absolute atomic E-state index is 0.768. The van der Waals surface area contributed by atoms with Gasteiger partial charge in [-0.2, -0.15) is 0 Å². The van der Waals surface area contributed by atoms with E-state index in [1.54, 1.807) is 11.3 Å². The number of aromatic nitrogens is 2. The predicted molar refractivity (Wildman–Crippen MR) is 100 cm³/mol. The van der Waals surface area contributed by atoms with Gasteiger partial charge in [0.15, 0.2) is 5.82 Å². The Morgan fingerprint density at radius 3 is 2.43 bits per heavy atom. The Balaban J connectivity index is 1.87. The van der Waals surface area contributed by atoms with Crippen molar-refractivity contribution < 1.29 is 0 Å². The summed E-state index contributed by atoms with van der Waals surface area (Å²) in [5, 5.41) is 5.45. The van der Waals surface area contributed by atoms with Crippen LogP contribution in [0.4, 0.5) is 11.5 Å². The monoisotopic (exact) mass is 381 g/mol. The first-order valence-electron chi connectivity index (χ1n) is 7.13. The Kier molecular flexibility index (Phi) is 3.81. The summed E-state index contributed by atoms with van der Waals surface area (Å²) in [6, 6.07) is 20.0. The summed E-state index contributed by atoms with van der Waals surface area (Å²) in [6.45, 7) is 0. The third kappa shape index (κ3) is 2.98. The maximum Gasteiger partial charge on any atom is 0.158 e. The van der Waals surface area contributed by atoms with Gasteiger partial charge in [0.05, 0.1) is 15.9 Å². The van der Waals surface area contributed by atoms with E-state index in [-0.39, 0.29) is 0 Å². The topological polar surface area (TPSA) is 37.8 Å².